The monoisotopic (exact) mass is 586 g/mol. The molecule has 0 bridgehead atoms. The van der Waals surface area contributed by atoms with E-state index in [0.717, 1.165) is 4.52 Å². The summed E-state index contributed by atoms with van der Waals surface area (Å²) in [5.74, 6) is -2.85. The van der Waals surface area contributed by atoms with Gasteiger partial charge >= 0.3 is 5.97 Å². The summed E-state index contributed by atoms with van der Waals surface area (Å²) < 4.78 is 15.5. The normalized spacial score (nSPS) is 11.8. The number of carbonyl (C=O) groups is 3. The summed E-state index contributed by atoms with van der Waals surface area (Å²) in [6, 6.07) is 10.9. The van der Waals surface area contributed by atoms with E-state index < -0.39 is 40.5 Å². The summed E-state index contributed by atoms with van der Waals surface area (Å²) in [5, 5.41) is 24.8. The fraction of sp³-hybridized carbons (Fsp3) is 0.143. The molecule has 6 N–H and O–H groups in total. The first-order valence-electron chi connectivity index (χ1n) is 12.8. The van der Waals surface area contributed by atoms with Gasteiger partial charge in [0.2, 0.25) is 0 Å². The van der Waals surface area contributed by atoms with Crippen LogP contribution in [0, 0.1) is 5.82 Å². The van der Waals surface area contributed by atoms with E-state index in [4.69, 9.17) is 10.8 Å². The van der Waals surface area contributed by atoms with Crippen LogP contribution in [0.4, 0.5) is 15.8 Å². The molecule has 2 heterocycles. The lowest BCUT2D eigenvalue weighted by Gasteiger charge is -2.15. The maximum absolute atomic E-state index is 14.4. The first kappa shape index (κ1) is 28.5. The van der Waals surface area contributed by atoms with E-state index in [2.05, 4.69) is 31.2 Å². The lowest BCUT2D eigenvalue weighted by molar-refractivity contribution is 0.0696. The van der Waals surface area contributed by atoms with E-state index in [1.54, 1.807) is 19.1 Å². The highest BCUT2D eigenvalue weighted by Gasteiger charge is 2.21. The second-order valence-corrected chi connectivity index (χ2v) is 9.56. The SMILES string of the molecule is C[C@H](NC(=O)c1cc(C(=O)NCc2ccc(F)c(CNc3c(N)c(=O)c3=O)c2)n2nncc2n1)c1ccc(C(=O)O)cc1. The summed E-state index contributed by atoms with van der Waals surface area (Å²) >= 11 is 0. The van der Waals surface area contributed by atoms with Gasteiger partial charge in [0.25, 0.3) is 22.7 Å². The molecule has 0 radical (unpaired) electrons. The second kappa shape index (κ2) is 11.5. The summed E-state index contributed by atoms with van der Waals surface area (Å²) in [4.78, 5) is 64.4. The maximum atomic E-state index is 14.4. The number of nitrogens with zero attached hydrogens (tertiary/aromatic N) is 4. The van der Waals surface area contributed by atoms with Gasteiger partial charge in [-0.3, -0.25) is 19.2 Å². The van der Waals surface area contributed by atoms with Crippen molar-refractivity contribution in [1.29, 1.82) is 0 Å². The third-order valence-electron chi connectivity index (χ3n) is 6.70. The fourth-order valence-electron chi connectivity index (χ4n) is 4.28. The van der Waals surface area contributed by atoms with Crippen LogP contribution in [0.15, 0.2) is 64.3 Å². The number of nitrogen functional groups attached to an aromatic ring is 1. The Morgan fingerprint density at radius 3 is 2.47 bits per heavy atom. The smallest absolute Gasteiger partial charge is 0.335 e. The van der Waals surface area contributed by atoms with Crippen molar-refractivity contribution in [2.75, 3.05) is 11.1 Å². The Balaban J connectivity index is 1.28. The van der Waals surface area contributed by atoms with Gasteiger partial charge < -0.3 is 26.8 Å². The van der Waals surface area contributed by atoms with Crippen LogP contribution >= 0.6 is 0 Å². The molecule has 3 aromatic carbocycles. The van der Waals surface area contributed by atoms with Crippen LogP contribution in [-0.2, 0) is 13.1 Å². The van der Waals surface area contributed by atoms with Gasteiger partial charge in [0.05, 0.1) is 17.8 Å². The summed E-state index contributed by atoms with van der Waals surface area (Å²) in [6.07, 6.45) is 1.28. The Labute approximate surface area is 241 Å². The van der Waals surface area contributed by atoms with Crippen LogP contribution in [0.25, 0.3) is 5.65 Å². The molecule has 0 saturated heterocycles. The third-order valence-corrected chi connectivity index (χ3v) is 6.70. The van der Waals surface area contributed by atoms with Crippen molar-refractivity contribution in [3.05, 3.63) is 115 Å². The number of aromatic carboxylic acids is 1. The molecule has 0 unspecified atom stereocenters. The van der Waals surface area contributed by atoms with E-state index in [0.29, 0.717) is 11.1 Å². The van der Waals surface area contributed by atoms with E-state index in [1.165, 1.54) is 42.6 Å². The van der Waals surface area contributed by atoms with Gasteiger partial charge in [-0.25, -0.2) is 14.2 Å². The number of carbonyl (C=O) groups excluding carboxylic acids is 2. The summed E-state index contributed by atoms with van der Waals surface area (Å²) in [7, 11) is 0. The van der Waals surface area contributed by atoms with Gasteiger partial charge in [0.1, 0.15) is 28.6 Å². The zero-order chi connectivity index (χ0) is 30.8. The predicted octanol–water partition coefficient (Wildman–Crippen LogP) is 1.17. The lowest BCUT2D eigenvalue weighted by Crippen LogP contribution is -2.37. The standard InChI is InChI=1S/C28H23FN8O6/c1-13(15-3-5-16(6-4-15)28(42)43)34-26(40)19-9-20(37-21(35-19)12-33-36-37)27(41)32-10-14-2-7-18(29)17(8-14)11-31-23-22(30)24(38)25(23)39/h2-9,12-13,31H,10-11,30H2,1H3,(H,32,41)(H,34,40)(H,42,43)/t13-/m0/s1. The highest BCUT2D eigenvalue weighted by Crippen LogP contribution is 2.17. The quantitative estimate of drug-likeness (QED) is 0.147. The molecule has 0 spiro atoms. The molecule has 5 rings (SSSR count). The van der Waals surface area contributed by atoms with Crippen molar-refractivity contribution in [3.63, 3.8) is 0 Å². The Kier molecular flexibility index (Phi) is 7.62. The lowest BCUT2D eigenvalue weighted by atomic mass is 10.1. The number of carboxylic acids is 1. The van der Waals surface area contributed by atoms with Crippen molar-refractivity contribution in [3.8, 4) is 0 Å². The van der Waals surface area contributed by atoms with Crippen molar-refractivity contribution < 1.29 is 23.9 Å². The number of anilines is 2. The number of amides is 2. The highest BCUT2D eigenvalue weighted by atomic mass is 19.1. The van der Waals surface area contributed by atoms with E-state index in [1.807, 2.05) is 0 Å². The van der Waals surface area contributed by atoms with Crippen molar-refractivity contribution in [2.24, 2.45) is 0 Å². The number of hydrogen-bond acceptors (Lipinski definition) is 10. The summed E-state index contributed by atoms with van der Waals surface area (Å²) in [5.41, 5.74) is 5.15. The maximum Gasteiger partial charge on any atom is 0.335 e. The highest BCUT2D eigenvalue weighted by molar-refractivity contribution is 5.98. The minimum absolute atomic E-state index is 0.0300. The topological polar surface area (TPSA) is 211 Å². The second-order valence-electron chi connectivity index (χ2n) is 9.56. The number of nitrogens with two attached hydrogens (primary N) is 1. The molecule has 0 fully saturated rings. The first-order valence-corrected chi connectivity index (χ1v) is 12.8. The van der Waals surface area contributed by atoms with Gasteiger partial charge in [-0.2, -0.15) is 4.52 Å². The van der Waals surface area contributed by atoms with Gasteiger partial charge in [0, 0.05) is 24.7 Å². The molecule has 1 atom stereocenters. The first-order chi connectivity index (χ1) is 20.5. The van der Waals surface area contributed by atoms with Gasteiger partial charge in [-0.15, -0.1) is 5.10 Å². The molecule has 0 aliphatic heterocycles. The van der Waals surface area contributed by atoms with E-state index in [9.17, 15) is 28.4 Å². The van der Waals surface area contributed by atoms with Crippen LogP contribution in [0.5, 0.6) is 0 Å². The number of nitrogens with one attached hydrogen (secondary N) is 3. The largest absolute Gasteiger partial charge is 0.478 e. The number of halogens is 1. The summed E-state index contributed by atoms with van der Waals surface area (Å²) in [6.45, 7) is 1.56. The Morgan fingerprint density at radius 1 is 1.02 bits per heavy atom. The molecular weight excluding hydrogens is 563 g/mol. The van der Waals surface area contributed by atoms with Crippen LogP contribution in [0.3, 0.4) is 0 Å². The molecule has 0 aliphatic carbocycles. The predicted molar refractivity (Wildman–Crippen MR) is 151 cm³/mol. The fourth-order valence-corrected chi connectivity index (χ4v) is 4.28. The molecular formula is C28H23FN8O6. The number of benzene rings is 2. The average molecular weight is 587 g/mol. The number of rotatable bonds is 10. The molecule has 5 aromatic rings. The molecule has 15 heteroatoms. The van der Waals surface area contributed by atoms with Crippen molar-refractivity contribution in [2.45, 2.75) is 26.1 Å². The van der Waals surface area contributed by atoms with Gasteiger partial charge in [-0.1, -0.05) is 23.4 Å². The number of carboxylic acid groups (broad SMARTS) is 1. The number of hydrogen-bond donors (Lipinski definition) is 5. The van der Waals surface area contributed by atoms with Crippen LogP contribution < -0.4 is 32.5 Å². The van der Waals surface area contributed by atoms with Crippen molar-refractivity contribution >= 4 is 34.8 Å². The molecule has 218 valence electrons. The number of aromatic nitrogens is 4. The van der Waals surface area contributed by atoms with Crippen LogP contribution in [0.2, 0.25) is 0 Å². The molecule has 2 amide bonds. The molecule has 0 aliphatic rings. The third kappa shape index (κ3) is 5.76. The Morgan fingerprint density at radius 2 is 1.77 bits per heavy atom. The zero-order valence-corrected chi connectivity index (χ0v) is 22.4. The van der Waals surface area contributed by atoms with Crippen molar-refractivity contribution in [1.82, 2.24) is 30.4 Å². The minimum Gasteiger partial charge on any atom is -0.478 e. The molecule has 43 heavy (non-hydrogen) atoms. The van der Waals surface area contributed by atoms with E-state index >= 15 is 0 Å². The van der Waals surface area contributed by atoms with E-state index in [-0.39, 0.29) is 52.6 Å². The average Bonchev–Trinajstić information content (AvgIpc) is 3.49. The zero-order valence-electron chi connectivity index (χ0n) is 22.4. The Hall–Kier alpha value is -5.99. The Bertz CT molecular complexity index is 1960. The number of fused-ring (bicyclic) bond motifs is 1. The van der Waals surface area contributed by atoms with Gasteiger partial charge in [0.15, 0.2) is 5.65 Å². The minimum atomic E-state index is -1.07. The van der Waals surface area contributed by atoms with Crippen LogP contribution in [-0.4, -0.2) is 42.7 Å². The van der Waals surface area contributed by atoms with Gasteiger partial charge in [-0.05, 0) is 42.3 Å². The molecule has 2 aromatic heterocycles. The molecule has 0 saturated carbocycles. The molecule has 14 nitrogen and oxygen atoms in total. The van der Waals surface area contributed by atoms with Crippen LogP contribution in [0.1, 0.15) is 61.0 Å².